The van der Waals surface area contributed by atoms with Crippen LogP contribution in [0.15, 0.2) is 47.5 Å². The summed E-state index contributed by atoms with van der Waals surface area (Å²) in [4.78, 5) is 14.5. The van der Waals surface area contributed by atoms with E-state index < -0.39 is 4.92 Å². The highest BCUT2D eigenvalue weighted by Gasteiger charge is 2.02. The number of nitro benzene ring substituents is 1. The standard InChI is InChI=1S/C14H11IN2O2/c1-10-2-5-12(8-14(10)15)16-9-11-3-6-13(7-4-11)17(18)19/h2-9H,1H3. The summed E-state index contributed by atoms with van der Waals surface area (Å²) in [5.74, 6) is 0. The van der Waals surface area contributed by atoms with Crippen molar-refractivity contribution in [2.45, 2.75) is 6.92 Å². The Hall–Kier alpha value is -1.76. The van der Waals surface area contributed by atoms with E-state index in [4.69, 9.17) is 0 Å². The van der Waals surface area contributed by atoms with Gasteiger partial charge in [-0.05, 0) is 64.9 Å². The summed E-state index contributed by atoms with van der Waals surface area (Å²) in [6.07, 6.45) is 1.70. The largest absolute Gasteiger partial charge is 0.269 e. The third-order valence-electron chi connectivity index (χ3n) is 2.62. The first-order chi connectivity index (χ1) is 9.06. The molecule has 96 valence electrons. The summed E-state index contributed by atoms with van der Waals surface area (Å²) < 4.78 is 1.16. The number of non-ortho nitro benzene ring substituents is 1. The molecule has 0 aliphatic carbocycles. The molecule has 2 rings (SSSR count). The van der Waals surface area contributed by atoms with Crippen LogP contribution in [-0.4, -0.2) is 11.1 Å². The number of hydrogen-bond acceptors (Lipinski definition) is 3. The Balaban J connectivity index is 2.17. The van der Waals surface area contributed by atoms with Gasteiger partial charge < -0.3 is 0 Å². The number of hydrogen-bond donors (Lipinski definition) is 0. The lowest BCUT2D eigenvalue weighted by atomic mass is 10.2. The van der Waals surface area contributed by atoms with Gasteiger partial charge in [0.05, 0.1) is 10.6 Å². The second-order valence-electron chi connectivity index (χ2n) is 4.04. The van der Waals surface area contributed by atoms with Crippen LogP contribution in [0.5, 0.6) is 0 Å². The molecule has 0 bridgehead atoms. The van der Waals surface area contributed by atoms with Gasteiger partial charge in [0.2, 0.25) is 0 Å². The summed E-state index contributed by atoms with van der Waals surface area (Å²) in [7, 11) is 0. The zero-order valence-corrected chi connectivity index (χ0v) is 12.4. The number of rotatable bonds is 3. The van der Waals surface area contributed by atoms with Crippen molar-refractivity contribution in [2.24, 2.45) is 4.99 Å². The number of aryl methyl sites for hydroxylation is 1. The van der Waals surface area contributed by atoms with Gasteiger partial charge in [0.15, 0.2) is 0 Å². The van der Waals surface area contributed by atoms with Crippen molar-refractivity contribution in [1.29, 1.82) is 0 Å². The number of aliphatic imine (C=N–C) groups is 1. The second-order valence-corrected chi connectivity index (χ2v) is 5.20. The normalized spacial score (nSPS) is 10.8. The Labute approximate surface area is 124 Å². The van der Waals surface area contributed by atoms with Crippen LogP contribution in [-0.2, 0) is 0 Å². The van der Waals surface area contributed by atoms with Crippen LogP contribution in [0.2, 0.25) is 0 Å². The van der Waals surface area contributed by atoms with Crippen LogP contribution in [0, 0.1) is 20.6 Å². The van der Waals surface area contributed by atoms with E-state index in [0.29, 0.717) is 0 Å². The molecular weight excluding hydrogens is 355 g/mol. The van der Waals surface area contributed by atoms with E-state index in [0.717, 1.165) is 14.8 Å². The molecule has 2 aromatic rings. The third-order valence-corrected chi connectivity index (χ3v) is 3.78. The maximum atomic E-state index is 10.5. The highest BCUT2D eigenvalue weighted by atomic mass is 127. The van der Waals surface area contributed by atoms with Crippen LogP contribution in [0.1, 0.15) is 11.1 Å². The lowest BCUT2D eigenvalue weighted by Gasteiger charge is -1.99. The average molecular weight is 366 g/mol. The van der Waals surface area contributed by atoms with Gasteiger partial charge in [-0.3, -0.25) is 15.1 Å². The molecule has 2 aromatic carbocycles. The maximum Gasteiger partial charge on any atom is 0.269 e. The van der Waals surface area contributed by atoms with E-state index in [1.165, 1.54) is 17.7 Å². The molecule has 0 aromatic heterocycles. The van der Waals surface area contributed by atoms with Gasteiger partial charge in [0.25, 0.3) is 5.69 Å². The lowest BCUT2D eigenvalue weighted by Crippen LogP contribution is -1.88. The minimum atomic E-state index is -0.413. The molecule has 5 heteroatoms. The molecule has 0 amide bonds. The van der Waals surface area contributed by atoms with Gasteiger partial charge in [-0.1, -0.05) is 6.07 Å². The van der Waals surface area contributed by atoms with Crippen molar-refractivity contribution >= 4 is 40.2 Å². The number of nitro groups is 1. The average Bonchev–Trinajstić information content (AvgIpc) is 2.40. The molecule has 0 aliphatic rings. The summed E-state index contributed by atoms with van der Waals surface area (Å²) >= 11 is 2.27. The maximum absolute atomic E-state index is 10.5. The van der Waals surface area contributed by atoms with Crippen molar-refractivity contribution in [2.75, 3.05) is 0 Å². The Morgan fingerprint density at radius 2 is 1.89 bits per heavy atom. The van der Waals surface area contributed by atoms with Crippen LogP contribution in [0.25, 0.3) is 0 Å². The number of nitrogens with zero attached hydrogens (tertiary/aromatic N) is 2. The van der Waals surface area contributed by atoms with E-state index in [1.54, 1.807) is 18.3 Å². The second kappa shape index (κ2) is 5.92. The van der Waals surface area contributed by atoms with Gasteiger partial charge >= 0.3 is 0 Å². The molecule has 0 aliphatic heterocycles. The summed E-state index contributed by atoms with van der Waals surface area (Å²) in [5.41, 5.74) is 3.01. The fourth-order valence-electron chi connectivity index (χ4n) is 1.49. The zero-order chi connectivity index (χ0) is 13.8. The molecule has 0 saturated carbocycles. The Kier molecular flexibility index (Phi) is 4.26. The van der Waals surface area contributed by atoms with Crippen LogP contribution < -0.4 is 0 Å². The quantitative estimate of drug-likeness (QED) is 0.353. The van der Waals surface area contributed by atoms with E-state index in [2.05, 4.69) is 27.6 Å². The third kappa shape index (κ3) is 3.60. The first kappa shape index (κ1) is 13.7. The molecule has 0 radical (unpaired) electrons. The first-order valence-corrected chi connectivity index (χ1v) is 6.69. The molecular formula is C14H11IN2O2. The Morgan fingerprint density at radius 3 is 2.47 bits per heavy atom. The monoisotopic (exact) mass is 366 g/mol. The van der Waals surface area contributed by atoms with Crippen LogP contribution in [0.3, 0.4) is 0 Å². The SMILES string of the molecule is Cc1ccc(N=Cc2ccc([N+](=O)[O-])cc2)cc1I. The van der Waals surface area contributed by atoms with Crippen molar-refractivity contribution in [3.8, 4) is 0 Å². The lowest BCUT2D eigenvalue weighted by molar-refractivity contribution is -0.384. The summed E-state index contributed by atoms with van der Waals surface area (Å²) in [6.45, 7) is 2.05. The predicted octanol–water partition coefficient (Wildman–Crippen LogP) is 4.26. The molecule has 0 atom stereocenters. The van der Waals surface area contributed by atoms with Crippen molar-refractivity contribution < 1.29 is 4.92 Å². The van der Waals surface area contributed by atoms with E-state index >= 15 is 0 Å². The molecule has 0 saturated heterocycles. The molecule has 0 heterocycles. The Bertz CT molecular complexity index is 636. The van der Waals surface area contributed by atoms with E-state index in [9.17, 15) is 10.1 Å². The molecule has 0 spiro atoms. The summed E-state index contributed by atoms with van der Waals surface area (Å²) in [6, 6.07) is 12.3. The molecule has 0 fully saturated rings. The van der Waals surface area contributed by atoms with E-state index in [-0.39, 0.29) is 5.69 Å². The minimum Gasteiger partial charge on any atom is -0.258 e. The van der Waals surface area contributed by atoms with Gasteiger partial charge in [-0.25, -0.2) is 0 Å². The fourth-order valence-corrected chi connectivity index (χ4v) is 1.99. The van der Waals surface area contributed by atoms with Gasteiger partial charge in [0.1, 0.15) is 0 Å². The predicted molar refractivity (Wildman–Crippen MR) is 84.2 cm³/mol. The van der Waals surface area contributed by atoms with Gasteiger partial charge in [0, 0.05) is 21.9 Å². The Morgan fingerprint density at radius 1 is 1.21 bits per heavy atom. The highest BCUT2D eigenvalue weighted by Crippen LogP contribution is 2.19. The van der Waals surface area contributed by atoms with Crippen LogP contribution >= 0.6 is 22.6 Å². The first-order valence-electron chi connectivity index (χ1n) is 5.61. The van der Waals surface area contributed by atoms with Gasteiger partial charge in [-0.2, -0.15) is 0 Å². The van der Waals surface area contributed by atoms with Crippen molar-refractivity contribution in [3.63, 3.8) is 0 Å². The molecule has 0 N–H and O–H groups in total. The fraction of sp³-hybridized carbons (Fsp3) is 0.0714. The zero-order valence-electron chi connectivity index (χ0n) is 10.2. The highest BCUT2D eigenvalue weighted by molar-refractivity contribution is 14.1. The summed E-state index contributed by atoms with van der Waals surface area (Å²) in [5, 5.41) is 10.5. The topological polar surface area (TPSA) is 55.5 Å². The smallest absolute Gasteiger partial charge is 0.258 e. The van der Waals surface area contributed by atoms with Crippen molar-refractivity contribution in [3.05, 3.63) is 67.3 Å². The van der Waals surface area contributed by atoms with Gasteiger partial charge in [-0.15, -0.1) is 0 Å². The molecule has 19 heavy (non-hydrogen) atoms. The van der Waals surface area contributed by atoms with E-state index in [1.807, 2.05) is 25.1 Å². The number of benzene rings is 2. The molecule has 0 unspecified atom stereocenters. The molecule has 4 nitrogen and oxygen atoms in total. The minimum absolute atomic E-state index is 0.0852. The van der Waals surface area contributed by atoms with Crippen molar-refractivity contribution in [1.82, 2.24) is 0 Å². The number of halogens is 1. The van der Waals surface area contributed by atoms with Crippen LogP contribution in [0.4, 0.5) is 11.4 Å².